The molecule has 0 unspecified atom stereocenters. The van der Waals surface area contributed by atoms with Gasteiger partial charge in [0.2, 0.25) is 0 Å². The second kappa shape index (κ2) is 10.4. The summed E-state index contributed by atoms with van der Waals surface area (Å²) in [6.07, 6.45) is 0. The minimum Gasteiger partial charge on any atom is -0.456 e. The number of furan rings is 1. The third-order valence-corrected chi connectivity index (χ3v) is 8.43. The van der Waals surface area contributed by atoms with E-state index in [1.54, 1.807) is 6.07 Å². The highest BCUT2D eigenvalue weighted by atomic mass is 16.3. The van der Waals surface area contributed by atoms with Crippen LogP contribution < -0.4 is 0 Å². The Morgan fingerprint density at radius 1 is 0.378 bits per heavy atom. The molecule has 0 N–H and O–H groups in total. The van der Waals surface area contributed by atoms with Gasteiger partial charge in [0.15, 0.2) is 0 Å². The molecule has 45 heavy (non-hydrogen) atoms. The monoisotopic (exact) mass is 582 g/mol. The van der Waals surface area contributed by atoms with Gasteiger partial charge in [-0.15, -0.1) is 0 Å². The van der Waals surface area contributed by atoms with Crippen molar-refractivity contribution in [3.8, 4) is 44.5 Å². The highest BCUT2D eigenvalue weighted by molar-refractivity contribution is 6.25. The zero-order valence-corrected chi connectivity index (χ0v) is 23.8. The molecule has 0 aliphatic rings. The van der Waals surface area contributed by atoms with Gasteiger partial charge in [-0.3, -0.25) is 0 Å². The fraction of sp³-hybridized carbons (Fsp3) is 0. The maximum atomic E-state index is 9.14. The third kappa shape index (κ3) is 4.09. The molecule has 0 aliphatic carbocycles. The summed E-state index contributed by atoms with van der Waals surface area (Å²) in [5.74, 6) is 0. The predicted molar refractivity (Wildman–Crippen MR) is 190 cm³/mol. The van der Waals surface area contributed by atoms with Crippen molar-refractivity contribution in [2.24, 2.45) is 0 Å². The first-order chi connectivity index (χ1) is 26.5. The fourth-order valence-electron chi connectivity index (χ4n) is 6.61. The maximum absolute atomic E-state index is 9.14. The number of benzene rings is 8. The van der Waals surface area contributed by atoms with Crippen molar-refractivity contribution < 1.29 is 18.1 Å². The van der Waals surface area contributed by atoms with Crippen LogP contribution in [-0.4, -0.2) is 0 Å². The van der Waals surface area contributed by atoms with Crippen molar-refractivity contribution in [3.05, 3.63) is 170 Å². The Hall–Kier alpha value is -5.92. The molecule has 0 radical (unpaired) electrons. The van der Waals surface area contributed by atoms with Crippen LogP contribution in [-0.2, 0) is 0 Å². The van der Waals surface area contributed by atoms with Crippen molar-refractivity contribution in [3.63, 3.8) is 0 Å². The predicted octanol–water partition coefficient (Wildman–Crippen LogP) is 12.6. The summed E-state index contributed by atoms with van der Waals surface area (Å²) in [6.45, 7) is 0. The van der Waals surface area contributed by atoms with Crippen LogP contribution in [0.3, 0.4) is 0 Å². The van der Waals surface area contributed by atoms with Gasteiger partial charge < -0.3 is 4.42 Å². The Balaban J connectivity index is 1.42. The zero-order valence-electron chi connectivity index (χ0n) is 33.8. The fourth-order valence-corrected chi connectivity index (χ4v) is 6.61. The van der Waals surface area contributed by atoms with E-state index in [4.69, 9.17) is 18.1 Å². The highest BCUT2D eigenvalue weighted by Gasteiger charge is 2.22. The zero-order chi connectivity index (χ0) is 38.4. The first-order valence-corrected chi connectivity index (χ1v) is 14.6. The van der Waals surface area contributed by atoms with Gasteiger partial charge >= 0.3 is 0 Å². The second-order valence-electron chi connectivity index (χ2n) is 10.9. The van der Waals surface area contributed by atoms with E-state index in [-0.39, 0.29) is 35.3 Å². The van der Waals surface area contributed by atoms with Crippen LogP contribution in [0.25, 0.3) is 88.0 Å². The first kappa shape index (κ1) is 17.4. The molecular formula is C44H28O. The van der Waals surface area contributed by atoms with Crippen molar-refractivity contribution in [2.45, 2.75) is 0 Å². The number of para-hydroxylation sites is 1. The molecule has 0 amide bonds. The van der Waals surface area contributed by atoms with E-state index in [1.807, 2.05) is 103 Å². The Kier molecular flexibility index (Phi) is 4.01. The molecule has 0 aliphatic heterocycles. The molecule has 9 aromatic rings. The molecule has 210 valence electrons. The Labute approximate surface area is 275 Å². The molecule has 1 heterocycles. The highest BCUT2D eigenvalue weighted by Crippen LogP contribution is 2.49. The maximum Gasteiger partial charge on any atom is 0.136 e. The van der Waals surface area contributed by atoms with E-state index in [1.165, 1.54) is 0 Å². The first-order valence-electron chi connectivity index (χ1n) is 19.6. The van der Waals surface area contributed by atoms with Gasteiger partial charge in [-0.1, -0.05) is 145 Å². The second-order valence-corrected chi connectivity index (χ2v) is 10.9. The van der Waals surface area contributed by atoms with Crippen molar-refractivity contribution in [2.75, 3.05) is 0 Å². The van der Waals surface area contributed by atoms with Gasteiger partial charge in [0.25, 0.3) is 0 Å². The summed E-state index contributed by atoms with van der Waals surface area (Å²) in [5.41, 5.74) is 5.33. The van der Waals surface area contributed by atoms with Crippen LogP contribution in [0.1, 0.15) is 13.7 Å². The molecule has 0 bridgehead atoms. The molecule has 1 aromatic heterocycles. The standard InChI is InChI=1S/C44H28O/c1-3-14-29(15-4-1)31-18-13-19-32(28-31)41-33-20-7-9-22-35(33)43(36-23-10-8-21-34(36)41)38-26-27-40-44(37-24-11-12-25-39(37)45-40)42(38)30-16-5-2-6-17-30/h1-28H/i1D,2D,3D,4D,5D,6D,14D,15D,16D,17D. The lowest BCUT2D eigenvalue weighted by Gasteiger charge is -2.20. The molecule has 9 rings (SSSR count). The molecule has 1 nitrogen and oxygen atoms in total. The van der Waals surface area contributed by atoms with Gasteiger partial charge in [-0.05, 0) is 84.8 Å². The summed E-state index contributed by atoms with van der Waals surface area (Å²) in [4.78, 5) is 0. The Morgan fingerprint density at radius 3 is 1.60 bits per heavy atom. The van der Waals surface area contributed by atoms with Gasteiger partial charge in [0.05, 0.1) is 13.7 Å². The van der Waals surface area contributed by atoms with E-state index < -0.39 is 36.3 Å². The molecule has 0 spiro atoms. The molecule has 0 saturated heterocycles. The summed E-state index contributed by atoms with van der Waals surface area (Å²) in [7, 11) is 0. The van der Waals surface area contributed by atoms with Crippen LogP contribution in [0, 0.1) is 0 Å². The Morgan fingerprint density at radius 2 is 0.933 bits per heavy atom. The number of fused-ring (bicyclic) bond motifs is 5. The topological polar surface area (TPSA) is 13.1 Å². The van der Waals surface area contributed by atoms with Crippen molar-refractivity contribution in [1.82, 2.24) is 0 Å². The van der Waals surface area contributed by atoms with Crippen LogP contribution in [0.5, 0.6) is 0 Å². The van der Waals surface area contributed by atoms with Crippen molar-refractivity contribution >= 4 is 43.5 Å². The van der Waals surface area contributed by atoms with E-state index >= 15 is 0 Å². The lowest BCUT2D eigenvalue weighted by Crippen LogP contribution is -1.93. The lowest BCUT2D eigenvalue weighted by molar-refractivity contribution is 0.669. The van der Waals surface area contributed by atoms with Gasteiger partial charge in [-0.2, -0.15) is 0 Å². The van der Waals surface area contributed by atoms with Gasteiger partial charge in [-0.25, -0.2) is 0 Å². The van der Waals surface area contributed by atoms with E-state index in [2.05, 4.69) is 0 Å². The largest absolute Gasteiger partial charge is 0.456 e. The minimum atomic E-state index is -0.476. The summed E-state index contributed by atoms with van der Waals surface area (Å²) >= 11 is 0. The minimum absolute atomic E-state index is 0.0710. The van der Waals surface area contributed by atoms with Crippen LogP contribution in [0.15, 0.2) is 174 Å². The molecule has 0 saturated carbocycles. The average Bonchev–Trinajstić information content (AvgIpc) is 3.59. The molecule has 1 heteroatoms. The summed E-state index contributed by atoms with van der Waals surface area (Å²) in [5, 5.41) is 4.78. The summed E-state index contributed by atoms with van der Waals surface area (Å²) < 4.78 is 92.2. The number of rotatable bonds is 4. The molecule has 0 fully saturated rings. The van der Waals surface area contributed by atoms with Crippen LogP contribution in [0.4, 0.5) is 0 Å². The lowest BCUT2D eigenvalue weighted by atomic mass is 9.82. The van der Waals surface area contributed by atoms with E-state index in [0.717, 1.165) is 43.6 Å². The molecule has 8 aromatic carbocycles. The van der Waals surface area contributed by atoms with E-state index in [0.29, 0.717) is 33.2 Å². The SMILES string of the molecule is [2H]c1c([2H])c([2H])c(-c2cccc(-c3c4ccccc4c(-c4ccc5oc6ccccc6c5c4-c4c([2H])c([2H])c([2H])c([2H])c4[2H])c4ccccc34)c2)c([2H])c1[2H]. The summed E-state index contributed by atoms with van der Waals surface area (Å²) in [6, 6.07) is 30.6. The number of hydrogen-bond acceptors (Lipinski definition) is 1. The number of hydrogen-bond donors (Lipinski definition) is 0. The van der Waals surface area contributed by atoms with Crippen LogP contribution in [0.2, 0.25) is 0 Å². The normalized spacial score (nSPS) is 14.7. The van der Waals surface area contributed by atoms with Gasteiger partial charge in [0.1, 0.15) is 11.2 Å². The van der Waals surface area contributed by atoms with Gasteiger partial charge in [0, 0.05) is 16.3 Å². The third-order valence-electron chi connectivity index (χ3n) is 8.43. The molecule has 0 atom stereocenters. The van der Waals surface area contributed by atoms with E-state index in [9.17, 15) is 0 Å². The van der Waals surface area contributed by atoms with Crippen LogP contribution >= 0.6 is 0 Å². The quantitative estimate of drug-likeness (QED) is 0.188. The molecular weight excluding hydrogens is 544 g/mol. The average molecular weight is 583 g/mol. The van der Waals surface area contributed by atoms with Crippen molar-refractivity contribution in [1.29, 1.82) is 0 Å². The smallest absolute Gasteiger partial charge is 0.136 e. The Bertz CT molecular complexity index is 3000.